The number of thioether (sulfide) groups is 1. The zero-order chi connectivity index (χ0) is 20.9. The number of nitrogens with zero attached hydrogens (tertiary/aromatic N) is 2. The second-order valence-corrected chi connectivity index (χ2v) is 10.4. The largest absolute Gasteiger partial charge is 0.296 e. The standard InChI is InChI=1S/C17H14Cl2N4O3S3/c18-11-6-7-13(14(19)10-11)15(24)21-16-22-23-17(28-16)29(25,26)20-8-9-27-12-4-2-1-3-5-12/h1-7,10,20H,8-9H2,(H,21,22,24). The van der Waals surface area contributed by atoms with Crippen LogP contribution in [-0.2, 0) is 10.0 Å². The molecule has 2 N–H and O–H groups in total. The van der Waals surface area contributed by atoms with E-state index in [1.54, 1.807) is 0 Å². The fourth-order valence-electron chi connectivity index (χ4n) is 2.13. The lowest BCUT2D eigenvalue weighted by atomic mass is 10.2. The Hall–Kier alpha value is -1.69. The number of carbonyl (C=O) groups excluding carboxylic acids is 1. The third kappa shape index (κ3) is 6.14. The van der Waals surface area contributed by atoms with E-state index in [0.717, 1.165) is 16.2 Å². The van der Waals surface area contributed by atoms with Gasteiger partial charge in [0.15, 0.2) is 0 Å². The van der Waals surface area contributed by atoms with E-state index in [2.05, 4.69) is 20.2 Å². The van der Waals surface area contributed by atoms with E-state index in [4.69, 9.17) is 23.2 Å². The van der Waals surface area contributed by atoms with E-state index >= 15 is 0 Å². The van der Waals surface area contributed by atoms with Gasteiger partial charge in [-0.1, -0.05) is 52.7 Å². The lowest BCUT2D eigenvalue weighted by molar-refractivity contribution is 0.102. The molecule has 12 heteroatoms. The van der Waals surface area contributed by atoms with Crippen molar-refractivity contribution >= 4 is 67.4 Å². The second-order valence-electron chi connectivity index (χ2n) is 5.51. The van der Waals surface area contributed by atoms with Gasteiger partial charge in [0.05, 0.1) is 10.6 Å². The van der Waals surface area contributed by atoms with Gasteiger partial charge in [-0.3, -0.25) is 10.1 Å². The number of carbonyl (C=O) groups is 1. The first-order chi connectivity index (χ1) is 13.8. The number of nitrogens with one attached hydrogen (secondary N) is 2. The van der Waals surface area contributed by atoms with Gasteiger partial charge in [0, 0.05) is 22.2 Å². The molecule has 0 aliphatic carbocycles. The van der Waals surface area contributed by atoms with Crippen LogP contribution >= 0.6 is 46.3 Å². The Labute approximate surface area is 185 Å². The molecular formula is C17H14Cl2N4O3S3. The number of halogens is 2. The third-order valence-corrected chi connectivity index (χ3v) is 7.67. The summed E-state index contributed by atoms with van der Waals surface area (Å²) in [7, 11) is -3.82. The van der Waals surface area contributed by atoms with Crippen LogP contribution in [0.25, 0.3) is 0 Å². The minimum atomic E-state index is -3.82. The normalized spacial score (nSPS) is 11.4. The fourth-order valence-corrected chi connectivity index (χ4v) is 5.51. The average molecular weight is 489 g/mol. The van der Waals surface area contributed by atoms with Crippen molar-refractivity contribution in [2.24, 2.45) is 0 Å². The molecule has 0 atom stereocenters. The Bertz CT molecular complexity index is 1110. The SMILES string of the molecule is O=C(Nc1nnc(S(=O)(=O)NCCSc2ccccc2)s1)c1ccc(Cl)cc1Cl. The van der Waals surface area contributed by atoms with Crippen LogP contribution in [0, 0.1) is 0 Å². The molecule has 1 heterocycles. The van der Waals surface area contributed by atoms with Gasteiger partial charge < -0.3 is 0 Å². The van der Waals surface area contributed by atoms with E-state index in [-0.39, 0.29) is 26.6 Å². The van der Waals surface area contributed by atoms with E-state index < -0.39 is 15.9 Å². The molecule has 1 aromatic heterocycles. The summed E-state index contributed by atoms with van der Waals surface area (Å²) in [5.41, 5.74) is 0.187. The summed E-state index contributed by atoms with van der Waals surface area (Å²) in [6, 6.07) is 14.1. The van der Waals surface area contributed by atoms with E-state index in [0.29, 0.717) is 10.8 Å². The molecule has 0 radical (unpaired) electrons. The first-order valence-corrected chi connectivity index (χ1v) is 12.2. The highest BCUT2D eigenvalue weighted by Crippen LogP contribution is 2.24. The number of sulfonamides is 1. The van der Waals surface area contributed by atoms with Crippen molar-refractivity contribution in [3.8, 4) is 0 Å². The van der Waals surface area contributed by atoms with E-state index in [1.807, 2.05) is 30.3 Å². The number of anilines is 1. The van der Waals surface area contributed by atoms with Crippen molar-refractivity contribution in [1.82, 2.24) is 14.9 Å². The maximum atomic E-state index is 12.3. The highest BCUT2D eigenvalue weighted by molar-refractivity contribution is 7.99. The van der Waals surface area contributed by atoms with Gasteiger partial charge in [-0.05, 0) is 30.3 Å². The van der Waals surface area contributed by atoms with Gasteiger partial charge in [-0.15, -0.1) is 22.0 Å². The minimum absolute atomic E-state index is 0.0417. The number of aromatic nitrogens is 2. The minimum Gasteiger partial charge on any atom is -0.296 e. The Kier molecular flexibility index (Phi) is 7.49. The lowest BCUT2D eigenvalue weighted by Crippen LogP contribution is -2.25. The Balaban J connectivity index is 1.57. The monoisotopic (exact) mass is 488 g/mol. The molecule has 1 amide bonds. The quantitative estimate of drug-likeness (QED) is 0.280. The summed E-state index contributed by atoms with van der Waals surface area (Å²) in [4.78, 5) is 13.3. The van der Waals surface area contributed by atoms with E-state index in [9.17, 15) is 13.2 Å². The zero-order valence-electron chi connectivity index (χ0n) is 14.6. The van der Waals surface area contributed by atoms with Crippen LogP contribution in [0.3, 0.4) is 0 Å². The van der Waals surface area contributed by atoms with Crippen molar-refractivity contribution in [1.29, 1.82) is 0 Å². The predicted octanol–water partition coefficient (Wildman–Crippen LogP) is 4.17. The number of rotatable bonds is 8. The Morgan fingerprint density at radius 3 is 2.59 bits per heavy atom. The molecule has 3 rings (SSSR count). The average Bonchev–Trinajstić information content (AvgIpc) is 3.15. The fraction of sp³-hybridized carbons (Fsp3) is 0.118. The topological polar surface area (TPSA) is 101 Å². The van der Waals surface area contributed by atoms with Crippen molar-refractivity contribution in [2.75, 3.05) is 17.6 Å². The van der Waals surface area contributed by atoms with Crippen LogP contribution in [0.4, 0.5) is 5.13 Å². The molecule has 0 unspecified atom stereocenters. The molecule has 2 aromatic carbocycles. The molecule has 0 spiro atoms. The highest BCUT2D eigenvalue weighted by Gasteiger charge is 2.21. The maximum Gasteiger partial charge on any atom is 0.269 e. The molecule has 152 valence electrons. The van der Waals surface area contributed by atoms with Gasteiger partial charge in [0.25, 0.3) is 15.9 Å². The van der Waals surface area contributed by atoms with Crippen LogP contribution < -0.4 is 10.0 Å². The van der Waals surface area contributed by atoms with E-state index in [1.165, 1.54) is 30.0 Å². The molecule has 0 saturated heterocycles. The molecule has 0 bridgehead atoms. The summed E-state index contributed by atoms with van der Waals surface area (Å²) < 4.78 is 26.9. The van der Waals surface area contributed by atoms with Gasteiger partial charge in [-0.25, -0.2) is 13.1 Å². The molecule has 0 aliphatic heterocycles. The number of hydrogen-bond acceptors (Lipinski definition) is 7. The molecule has 0 saturated carbocycles. The predicted molar refractivity (Wildman–Crippen MR) is 117 cm³/mol. The third-order valence-electron chi connectivity index (χ3n) is 3.44. The molecule has 3 aromatic rings. The lowest BCUT2D eigenvalue weighted by Gasteiger charge is -2.04. The van der Waals surface area contributed by atoms with Crippen molar-refractivity contribution in [3.05, 3.63) is 64.1 Å². The first-order valence-electron chi connectivity index (χ1n) is 8.12. The summed E-state index contributed by atoms with van der Waals surface area (Å²) in [5, 5.41) is 10.5. The summed E-state index contributed by atoms with van der Waals surface area (Å²) >= 11 is 14.1. The smallest absolute Gasteiger partial charge is 0.269 e. The van der Waals surface area contributed by atoms with Crippen LogP contribution in [0.1, 0.15) is 10.4 Å². The molecule has 0 fully saturated rings. The number of amides is 1. The second kappa shape index (κ2) is 9.88. The molecule has 0 aliphatic rings. The van der Waals surface area contributed by atoms with Crippen LogP contribution in [-0.4, -0.2) is 36.8 Å². The van der Waals surface area contributed by atoms with Gasteiger partial charge in [0.1, 0.15) is 0 Å². The first kappa shape index (κ1) is 22.0. The van der Waals surface area contributed by atoms with Gasteiger partial charge in [0.2, 0.25) is 9.47 Å². The zero-order valence-corrected chi connectivity index (χ0v) is 18.6. The summed E-state index contributed by atoms with van der Waals surface area (Å²) in [6.07, 6.45) is 0. The van der Waals surface area contributed by atoms with Gasteiger partial charge >= 0.3 is 0 Å². The Morgan fingerprint density at radius 2 is 1.86 bits per heavy atom. The molecular weight excluding hydrogens is 475 g/mol. The maximum absolute atomic E-state index is 12.3. The van der Waals surface area contributed by atoms with Crippen LogP contribution in [0.2, 0.25) is 10.0 Å². The number of hydrogen-bond donors (Lipinski definition) is 2. The number of benzene rings is 2. The van der Waals surface area contributed by atoms with Crippen LogP contribution in [0.15, 0.2) is 57.8 Å². The highest BCUT2D eigenvalue weighted by atomic mass is 35.5. The molecule has 29 heavy (non-hydrogen) atoms. The van der Waals surface area contributed by atoms with Crippen molar-refractivity contribution in [3.63, 3.8) is 0 Å². The van der Waals surface area contributed by atoms with Crippen LogP contribution in [0.5, 0.6) is 0 Å². The molecule has 7 nitrogen and oxygen atoms in total. The summed E-state index contributed by atoms with van der Waals surface area (Å²) in [6.45, 7) is 0.226. The van der Waals surface area contributed by atoms with Crippen molar-refractivity contribution < 1.29 is 13.2 Å². The summed E-state index contributed by atoms with van der Waals surface area (Å²) in [5.74, 6) is 0.0136. The van der Waals surface area contributed by atoms with Gasteiger partial charge in [-0.2, -0.15) is 0 Å². The Morgan fingerprint density at radius 1 is 1.10 bits per heavy atom. The van der Waals surface area contributed by atoms with Crippen molar-refractivity contribution in [2.45, 2.75) is 9.24 Å².